The minimum atomic E-state index is -1.21. The minimum absolute atomic E-state index is 0.149. The predicted octanol–water partition coefficient (Wildman–Crippen LogP) is 2.26. The Morgan fingerprint density at radius 1 is 1.50 bits per heavy atom. The number of carbonyl (C=O) groups is 1. The summed E-state index contributed by atoms with van der Waals surface area (Å²) in [6, 6.07) is 4.87. The average molecular weight is 297 g/mol. The Hall–Kier alpha value is -1.24. The van der Waals surface area contributed by atoms with Crippen molar-refractivity contribution in [3.63, 3.8) is 0 Å². The smallest absolute Gasteiger partial charge is 0.339 e. The van der Waals surface area contributed by atoms with Crippen molar-refractivity contribution >= 4 is 17.3 Å². The Bertz CT molecular complexity index is 512. The zero-order valence-corrected chi connectivity index (χ0v) is 12.6. The van der Waals surface area contributed by atoms with Gasteiger partial charge in [-0.05, 0) is 26.8 Å². The van der Waals surface area contributed by atoms with E-state index in [0.717, 1.165) is 5.56 Å². The molecule has 0 bridgehead atoms. The Labute approximate surface area is 121 Å². The molecule has 0 saturated heterocycles. The Kier molecular flexibility index (Phi) is 4.27. The van der Waals surface area contributed by atoms with Crippen molar-refractivity contribution < 1.29 is 19.2 Å². The van der Waals surface area contributed by atoms with E-state index >= 15 is 0 Å². The van der Waals surface area contributed by atoms with E-state index in [0.29, 0.717) is 18.8 Å². The van der Waals surface area contributed by atoms with Gasteiger partial charge in [0.15, 0.2) is 0 Å². The topological polar surface area (TPSA) is 81.6 Å². The highest BCUT2D eigenvalue weighted by Crippen LogP contribution is 2.36. The van der Waals surface area contributed by atoms with Crippen LogP contribution in [0.5, 0.6) is 5.75 Å². The summed E-state index contributed by atoms with van der Waals surface area (Å²) in [7, 11) is 0. The van der Waals surface area contributed by atoms with Crippen LogP contribution >= 0.6 is 0 Å². The lowest BCUT2D eigenvalue weighted by molar-refractivity contribution is 0.0690. The predicted molar refractivity (Wildman–Crippen MR) is 77.3 cm³/mol. The second-order valence-corrected chi connectivity index (χ2v) is 7.72. The van der Waals surface area contributed by atoms with E-state index in [1.807, 2.05) is 26.8 Å². The molecule has 0 amide bonds. The maximum absolute atomic E-state index is 12.2. The summed E-state index contributed by atoms with van der Waals surface area (Å²) in [5.74, 6) is -0.630. The summed E-state index contributed by atoms with van der Waals surface area (Å²) in [6.45, 7) is 6.09. The van der Waals surface area contributed by atoms with Gasteiger partial charge in [0.1, 0.15) is 16.1 Å². The maximum atomic E-state index is 12.2. The summed E-state index contributed by atoms with van der Waals surface area (Å²) >= 11 is -1.21. The number of hydrogen-bond acceptors (Lipinski definition) is 4. The van der Waals surface area contributed by atoms with Gasteiger partial charge < -0.3 is 14.4 Å². The SMILES string of the molecule is CC(C)(C)[S+]([O-])NC1CCOc2c(C(=O)O)cccc21. The number of aromatic carboxylic acids is 1. The van der Waals surface area contributed by atoms with Crippen LogP contribution in [0.2, 0.25) is 0 Å². The number of nitrogens with one attached hydrogen (secondary N) is 1. The molecular weight excluding hydrogens is 278 g/mol. The van der Waals surface area contributed by atoms with Crippen LogP contribution in [-0.2, 0) is 11.4 Å². The van der Waals surface area contributed by atoms with E-state index in [-0.39, 0.29) is 16.4 Å². The molecule has 1 aromatic rings. The highest BCUT2D eigenvalue weighted by atomic mass is 32.2. The Morgan fingerprint density at radius 3 is 2.80 bits per heavy atom. The standard InChI is InChI=1S/C14H19NO4S/c1-14(2,3)20(18)15-11-7-8-19-12-9(11)5-4-6-10(12)13(16)17/h4-6,11,15H,7-8H2,1-3H3,(H,16,17). The molecule has 5 nitrogen and oxygen atoms in total. The summed E-state index contributed by atoms with van der Waals surface area (Å²) < 4.78 is 20.4. The molecule has 1 aromatic carbocycles. The third-order valence-electron chi connectivity index (χ3n) is 3.11. The van der Waals surface area contributed by atoms with Gasteiger partial charge in [-0.15, -0.1) is 4.72 Å². The average Bonchev–Trinajstić information content (AvgIpc) is 2.37. The van der Waals surface area contributed by atoms with Crippen molar-refractivity contribution in [1.29, 1.82) is 0 Å². The monoisotopic (exact) mass is 297 g/mol. The summed E-state index contributed by atoms with van der Waals surface area (Å²) in [4.78, 5) is 11.2. The molecule has 0 radical (unpaired) electrons. The number of hydrogen-bond donors (Lipinski definition) is 2. The maximum Gasteiger partial charge on any atom is 0.339 e. The van der Waals surface area contributed by atoms with Crippen LogP contribution in [0.4, 0.5) is 0 Å². The van der Waals surface area contributed by atoms with Gasteiger partial charge in [-0.3, -0.25) is 0 Å². The zero-order valence-electron chi connectivity index (χ0n) is 11.8. The first-order chi connectivity index (χ1) is 9.30. The van der Waals surface area contributed by atoms with Gasteiger partial charge in [-0.2, -0.15) is 0 Å². The highest BCUT2D eigenvalue weighted by molar-refractivity contribution is 7.90. The lowest BCUT2D eigenvalue weighted by Crippen LogP contribution is -2.42. The van der Waals surface area contributed by atoms with E-state index < -0.39 is 17.3 Å². The largest absolute Gasteiger partial charge is 0.598 e. The van der Waals surface area contributed by atoms with Crippen LogP contribution in [0, 0.1) is 0 Å². The molecule has 6 heteroatoms. The third-order valence-corrected chi connectivity index (χ3v) is 4.72. The first kappa shape index (κ1) is 15.2. The van der Waals surface area contributed by atoms with Crippen molar-refractivity contribution in [2.75, 3.05) is 6.61 Å². The van der Waals surface area contributed by atoms with Crippen molar-refractivity contribution in [3.8, 4) is 5.75 Å². The van der Waals surface area contributed by atoms with Gasteiger partial charge in [-0.25, -0.2) is 4.79 Å². The van der Waals surface area contributed by atoms with Crippen LogP contribution in [0.25, 0.3) is 0 Å². The fourth-order valence-corrected chi connectivity index (χ4v) is 2.88. The van der Waals surface area contributed by atoms with Crippen LogP contribution in [-0.4, -0.2) is 27.0 Å². The normalized spacial score (nSPS) is 19.9. The first-order valence-corrected chi connectivity index (χ1v) is 7.62. The summed E-state index contributed by atoms with van der Waals surface area (Å²) in [5, 5.41) is 9.18. The van der Waals surface area contributed by atoms with Crippen molar-refractivity contribution in [2.45, 2.75) is 38.0 Å². The Morgan fingerprint density at radius 2 is 2.20 bits per heavy atom. The minimum Gasteiger partial charge on any atom is -0.598 e. The highest BCUT2D eigenvalue weighted by Gasteiger charge is 2.33. The van der Waals surface area contributed by atoms with Gasteiger partial charge in [-0.1, -0.05) is 12.1 Å². The molecule has 2 unspecified atom stereocenters. The Balaban J connectivity index is 2.29. The van der Waals surface area contributed by atoms with E-state index in [9.17, 15) is 14.5 Å². The number of carboxylic acid groups (broad SMARTS) is 1. The van der Waals surface area contributed by atoms with Gasteiger partial charge in [0.2, 0.25) is 0 Å². The number of ether oxygens (including phenoxy) is 1. The van der Waals surface area contributed by atoms with Crippen molar-refractivity contribution in [1.82, 2.24) is 4.72 Å². The molecule has 110 valence electrons. The van der Waals surface area contributed by atoms with Crippen LogP contribution in [0.15, 0.2) is 18.2 Å². The van der Waals surface area contributed by atoms with Gasteiger partial charge >= 0.3 is 5.97 Å². The van der Waals surface area contributed by atoms with Crippen LogP contribution in [0.3, 0.4) is 0 Å². The molecule has 2 N–H and O–H groups in total. The number of benzene rings is 1. The lowest BCUT2D eigenvalue weighted by Gasteiger charge is -2.31. The molecule has 2 atom stereocenters. The van der Waals surface area contributed by atoms with Crippen molar-refractivity contribution in [3.05, 3.63) is 29.3 Å². The molecule has 0 saturated carbocycles. The van der Waals surface area contributed by atoms with Crippen LogP contribution < -0.4 is 9.46 Å². The van der Waals surface area contributed by atoms with E-state index in [2.05, 4.69) is 4.72 Å². The number of fused-ring (bicyclic) bond motifs is 1. The van der Waals surface area contributed by atoms with Gasteiger partial charge in [0.05, 0.1) is 12.6 Å². The first-order valence-electron chi connectivity index (χ1n) is 6.48. The number of para-hydroxylation sites is 1. The summed E-state index contributed by atoms with van der Waals surface area (Å²) in [5.41, 5.74) is 0.907. The fraction of sp³-hybridized carbons (Fsp3) is 0.500. The van der Waals surface area contributed by atoms with Crippen molar-refractivity contribution in [2.24, 2.45) is 0 Å². The zero-order chi connectivity index (χ0) is 14.9. The molecule has 20 heavy (non-hydrogen) atoms. The second-order valence-electron chi connectivity index (χ2n) is 5.72. The molecular formula is C14H19NO4S. The van der Waals surface area contributed by atoms with E-state index in [1.165, 1.54) is 6.07 Å². The van der Waals surface area contributed by atoms with E-state index in [1.54, 1.807) is 6.07 Å². The number of carboxylic acids is 1. The molecule has 0 aliphatic carbocycles. The fourth-order valence-electron chi connectivity index (χ4n) is 2.02. The molecule has 0 aromatic heterocycles. The number of rotatable bonds is 3. The quantitative estimate of drug-likeness (QED) is 0.836. The molecule has 1 aliphatic heterocycles. The molecule has 0 spiro atoms. The molecule has 1 aliphatic rings. The van der Waals surface area contributed by atoms with Gasteiger partial charge in [0.25, 0.3) is 0 Å². The van der Waals surface area contributed by atoms with E-state index in [4.69, 9.17) is 4.74 Å². The third kappa shape index (κ3) is 3.08. The molecule has 2 rings (SSSR count). The molecule has 1 heterocycles. The second kappa shape index (κ2) is 5.63. The molecule has 0 fully saturated rings. The van der Waals surface area contributed by atoms with Gasteiger partial charge in [0, 0.05) is 23.3 Å². The summed E-state index contributed by atoms with van der Waals surface area (Å²) in [6.07, 6.45) is 0.665. The van der Waals surface area contributed by atoms with Crippen LogP contribution in [0.1, 0.15) is 49.2 Å². The lowest BCUT2D eigenvalue weighted by atomic mass is 9.98.